The number of nitrogens with two attached hydrogens (primary N) is 1. The second-order valence-corrected chi connectivity index (χ2v) is 10.7. The molecule has 2 aliphatic rings. The largest absolute Gasteiger partial charge is 0.397 e. The fourth-order valence-electron chi connectivity index (χ4n) is 4.97. The molecular weight excluding hydrogens is 523 g/mol. The van der Waals surface area contributed by atoms with Gasteiger partial charge in [0.1, 0.15) is 11.5 Å². The fraction of sp³-hybridized carbons (Fsp3) is 0.226. The lowest BCUT2D eigenvalue weighted by molar-refractivity contribution is 0.102. The second-order valence-electron chi connectivity index (χ2n) is 9.85. The molecule has 1 saturated heterocycles. The van der Waals surface area contributed by atoms with Crippen LogP contribution in [0.1, 0.15) is 41.4 Å². The number of allylic oxidation sites excluding steroid dienone is 4. The molecule has 206 valence electrons. The summed E-state index contributed by atoms with van der Waals surface area (Å²) in [4.78, 5) is 22.3. The first-order valence-electron chi connectivity index (χ1n) is 13.3. The number of benzene rings is 2. The van der Waals surface area contributed by atoms with Gasteiger partial charge in [-0.15, -0.1) is 11.3 Å². The Morgan fingerprint density at radius 2 is 2.05 bits per heavy atom. The summed E-state index contributed by atoms with van der Waals surface area (Å²) in [7, 11) is 0. The van der Waals surface area contributed by atoms with Gasteiger partial charge in [0.05, 0.1) is 17.1 Å². The lowest BCUT2D eigenvalue weighted by atomic mass is 10.1. The Hall–Kier alpha value is -4.21. The van der Waals surface area contributed by atoms with E-state index in [0.717, 1.165) is 53.1 Å². The number of amides is 1. The van der Waals surface area contributed by atoms with E-state index in [9.17, 15) is 9.18 Å². The molecule has 0 bridgehead atoms. The Labute approximate surface area is 238 Å². The molecule has 40 heavy (non-hydrogen) atoms. The SMILES string of the molecule is C=C1C=CC=C(CN2CCCC2)N1/C(=C\C)c1csc(Nc2ccc(C(=O)Nc3c(N)cccc3F)cc2C)n1. The molecule has 0 spiro atoms. The Kier molecular flexibility index (Phi) is 8.14. The normalized spacial score (nSPS) is 15.9. The summed E-state index contributed by atoms with van der Waals surface area (Å²) in [6, 6.07) is 9.56. The third-order valence-electron chi connectivity index (χ3n) is 7.03. The molecule has 0 saturated carbocycles. The van der Waals surface area contributed by atoms with Gasteiger partial charge in [-0.1, -0.05) is 24.8 Å². The minimum absolute atomic E-state index is 0.0206. The number of para-hydroxylation sites is 1. The molecule has 3 aromatic rings. The average Bonchev–Trinajstić information content (AvgIpc) is 3.62. The number of anilines is 4. The Bertz CT molecular complexity index is 1510. The van der Waals surface area contributed by atoms with Gasteiger partial charge in [-0.25, -0.2) is 9.37 Å². The molecule has 0 radical (unpaired) electrons. The van der Waals surface area contributed by atoms with Gasteiger partial charge in [0.25, 0.3) is 5.91 Å². The molecule has 2 aromatic carbocycles. The van der Waals surface area contributed by atoms with E-state index in [0.29, 0.717) is 5.56 Å². The van der Waals surface area contributed by atoms with Crippen molar-refractivity contribution in [1.29, 1.82) is 0 Å². The third kappa shape index (κ3) is 5.85. The molecule has 3 heterocycles. The smallest absolute Gasteiger partial charge is 0.255 e. The van der Waals surface area contributed by atoms with E-state index in [2.05, 4.69) is 45.2 Å². The van der Waals surface area contributed by atoms with Crippen molar-refractivity contribution in [3.63, 3.8) is 0 Å². The molecule has 1 aromatic heterocycles. The van der Waals surface area contributed by atoms with Crippen molar-refractivity contribution in [2.45, 2.75) is 26.7 Å². The minimum atomic E-state index is -0.578. The quantitative estimate of drug-likeness (QED) is 0.262. The Morgan fingerprint density at radius 1 is 1.25 bits per heavy atom. The molecule has 2 aliphatic heterocycles. The van der Waals surface area contributed by atoms with Crippen LogP contribution >= 0.6 is 11.3 Å². The van der Waals surface area contributed by atoms with E-state index in [1.165, 1.54) is 42.0 Å². The highest BCUT2D eigenvalue weighted by atomic mass is 32.1. The number of carbonyl (C=O) groups is 1. The standard InChI is InChI=1S/C31H33FN6OS/c1-4-28(38-21(3)9-7-10-23(38)18-37-15-5-6-16-37)27-19-40-31(35-27)34-26-14-13-22(17-20(26)2)30(39)36-29-24(32)11-8-12-25(29)33/h4,7-14,17,19H,3,5-6,15-16,18,33H2,1-2H3,(H,34,35)(H,36,39)/b28-4-. The van der Waals surface area contributed by atoms with Crippen LogP contribution in [0, 0.1) is 12.7 Å². The first-order valence-corrected chi connectivity index (χ1v) is 14.2. The van der Waals surface area contributed by atoms with Crippen molar-refractivity contribution in [2.75, 3.05) is 36.0 Å². The number of nitrogens with zero attached hydrogens (tertiary/aromatic N) is 3. The molecule has 7 nitrogen and oxygen atoms in total. The number of nitrogens with one attached hydrogen (secondary N) is 2. The van der Waals surface area contributed by atoms with Gasteiger partial charge in [-0.05, 0) is 87.8 Å². The summed E-state index contributed by atoms with van der Waals surface area (Å²) in [5.74, 6) is -1.01. The third-order valence-corrected chi connectivity index (χ3v) is 7.79. The molecule has 9 heteroatoms. The van der Waals surface area contributed by atoms with Crippen molar-refractivity contribution in [3.8, 4) is 0 Å². The lowest BCUT2D eigenvalue weighted by Crippen LogP contribution is -2.31. The summed E-state index contributed by atoms with van der Waals surface area (Å²) in [5.41, 5.74) is 12.0. The number of nitrogen functional groups attached to an aromatic ring is 1. The van der Waals surface area contributed by atoms with Crippen LogP contribution in [0.4, 0.5) is 26.6 Å². The predicted octanol–water partition coefficient (Wildman–Crippen LogP) is 6.89. The zero-order valence-corrected chi connectivity index (χ0v) is 23.5. The molecule has 0 unspecified atom stereocenters. The van der Waals surface area contributed by atoms with Gasteiger partial charge < -0.3 is 21.3 Å². The number of thiazole rings is 1. The van der Waals surface area contributed by atoms with E-state index < -0.39 is 11.7 Å². The summed E-state index contributed by atoms with van der Waals surface area (Å²) in [5, 5.41) is 8.72. The van der Waals surface area contributed by atoms with Gasteiger partial charge in [-0.2, -0.15) is 0 Å². The highest BCUT2D eigenvalue weighted by Gasteiger charge is 2.24. The van der Waals surface area contributed by atoms with Crippen LogP contribution in [-0.2, 0) is 0 Å². The molecule has 1 amide bonds. The molecular formula is C31H33FN6OS. The number of hydrogen-bond donors (Lipinski definition) is 3. The van der Waals surface area contributed by atoms with Crippen molar-refractivity contribution in [3.05, 3.63) is 107 Å². The monoisotopic (exact) mass is 556 g/mol. The Morgan fingerprint density at radius 3 is 2.77 bits per heavy atom. The molecule has 0 atom stereocenters. The van der Waals surface area contributed by atoms with Crippen molar-refractivity contribution in [2.24, 2.45) is 0 Å². The van der Waals surface area contributed by atoms with Gasteiger partial charge in [-0.3, -0.25) is 9.69 Å². The van der Waals surface area contributed by atoms with Crippen LogP contribution in [0.2, 0.25) is 0 Å². The Balaban J connectivity index is 1.30. The maximum absolute atomic E-state index is 14.1. The number of carbonyl (C=O) groups excluding carboxylic acids is 1. The minimum Gasteiger partial charge on any atom is -0.397 e. The van der Waals surface area contributed by atoms with Crippen molar-refractivity contribution >= 4 is 45.1 Å². The topological polar surface area (TPSA) is 86.5 Å². The summed E-state index contributed by atoms with van der Waals surface area (Å²) in [6.07, 6.45) is 10.8. The van der Waals surface area contributed by atoms with Crippen LogP contribution in [0.5, 0.6) is 0 Å². The molecule has 4 N–H and O–H groups in total. The summed E-state index contributed by atoms with van der Waals surface area (Å²) >= 11 is 1.51. The van der Waals surface area contributed by atoms with E-state index in [-0.39, 0.29) is 11.4 Å². The number of aromatic nitrogens is 1. The van der Waals surface area contributed by atoms with E-state index in [1.807, 2.05) is 31.4 Å². The molecule has 5 rings (SSSR count). The van der Waals surface area contributed by atoms with Gasteiger partial charge >= 0.3 is 0 Å². The molecule has 0 aliphatic carbocycles. The number of hydrogen-bond acceptors (Lipinski definition) is 7. The fourth-order valence-corrected chi connectivity index (χ4v) is 5.68. The average molecular weight is 557 g/mol. The summed E-state index contributed by atoms with van der Waals surface area (Å²) in [6.45, 7) is 11.3. The van der Waals surface area contributed by atoms with Crippen LogP contribution in [0.15, 0.2) is 84.1 Å². The van der Waals surface area contributed by atoms with E-state index >= 15 is 0 Å². The lowest BCUT2D eigenvalue weighted by Gasteiger charge is -2.33. The van der Waals surface area contributed by atoms with Crippen LogP contribution in [0.3, 0.4) is 0 Å². The molecule has 1 fully saturated rings. The maximum Gasteiger partial charge on any atom is 0.255 e. The van der Waals surface area contributed by atoms with Crippen LogP contribution in [-0.4, -0.2) is 40.3 Å². The van der Waals surface area contributed by atoms with Gasteiger partial charge in [0, 0.05) is 34.6 Å². The number of aryl methyl sites for hydroxylation is 1. The zero-order valence-electron chi connectivity index (χ0n) is 22.7. The number of halogens is 1. The zero-order chi connectivity index (χ0) is 28.2. The van der Waals surface area contributed by atoms with Crippen molar-refractivity contribution < 1.29 is 9.18 Å². The number of rotatable bonds is 8. The van der Waals surface area contributed by atoms with E-state index in [1.54, 1.807) is 18.2 Å². The summed E-state index contributed by atoms with van der Waals surface area (Å²) < 4.78 is 14.1. The predicted molar refractivity (Wildman–Crippen MR) is 163 cm³/mol. The van der Waals surface area contributed by atoms with Crippen molar-refractivity contribution in [1.82, 2.24) is 14.8 Å². The maximum atomic E-state index is 14.1. The highest BCUT2D eigenvalue weighted by Crippen LogP contribution is 2.34. The first kappa shape index (κ1) is 27.4. The van der Waals surface area contributed by atoms with Crippen LogP contribution < -0.4 is 16.4 Å². The van der Waals surface area contributed by atoms with E-state index in [4.69, 9.17) is 10.7 Å². The first-order chi connectivity index (χ1) is 19.3. The number of likely N-dealkylation sites (tertiary alicyclic amines) is 1. The second kappa shape index (κ2) is 11.9. The van der Waals surface area contributed by atoms with Gasteiger partial charge in [0.2, 0.25) is 0 Å². The van der Waals surface area contributed by atoms with Gasteiger partial charge in [0.15, 0.2) is 5.13 Å². The highest BCUT2D eigenvalue weighted by molar-refractivity contribution is 7.13. The van der Waals surface area contributed by atoms with Crippen LogP contribution in [0.25, 0.3) is 5.70 Å².